The van der Waals surface area contributed by atoms with Crippen LogP contribution < -0.4 is 10.7 Å². The lowest BCUT2D eigenvalue weighted by molar-refractivity contribution is -0.432. The monoisotopic (exact) mass is 1010 g/mol. The number of carbonyl (C=O) groups excluding carboxylic acids is 1. The van der Waals surface area contributed by atoms with E-state index < -0.39 is 103 Å². The van der Waals surface area contributed by atoms with Crippen LogP contribution in [0.2, 0.25) is 0 Å². The van der Waals surface area contributed by atoms with E-state index in [4.69, 9.17) is 16.2 Å². The number of aliphatic carboxylic acids is 1. The smallest absolute Gasteiger partial charge is 0.355 e. The fourth-order valence-corrected chi connectivity index (χ4v) is 8.30. The van der Waals surface area contributed by atoms with Gasteiger partial charge >= 0.3 is 5.97 Å². The van der Waals surface area contributed by atoms with Gasteiger partial charge in [0.1, 0.15) is 32.5 Å². The van der Waals surface area contributed by atoms with Crippen molar-refractivity contribution in [1.29, 1.82) is 0 Å². The lowest BCUT2D eigenvalue weighted by Gasteiger charge is -2.13. The van der Waals surface area contributed by atoms with Gasteiger partial charge in [-0.25, -0.2) is 15.3 Å². The number of aromatic hydroxyl groups is 2. The molecule has 1 aliphatic heterocycles. The Labute approximate surface area is 375 Å². The summed E-state index contributed by atoms with van der Waals surface area (Å²) in [6.07, 6.45) is 0. The number of hydrogen-bond donors (Lipinski definition) is 9. The summed E-state index contributed by atoms with van der Waals surface area (Å²) >= 11 is 0.355. The predicted octanol–water partition coefficient (Wildman–Crippen LogP) is 6.20. The molecule has 1 aliphatic rings. The van der Waals surface area contributed by atoms with Crippen LogP contribution in [-0.2, 0) is 58.7 Å². The van der Waals surface area contributed by atoms with Crippen molar-refractivity contribution < 1.29 is 93.1 Å². The molecule has 0 aromatic heterocycles. The molecule has 29 nitrogen and oxygen atoms in total. The molecule has 0 fully saturated rings. The van der Waals surface area contributed by atoms with Crippen LogP contribution in [0.5, 0.6) is 11.5 Å². The summed E-state index contributed by atoms with van der Waals surface area (Å²) in [6.45, 7) is 0. The van der Waals surface area contributed by atoms with Crippen molar-refractivity contribution in [2.75, 3.05) is 10.7 Å². The summed E-state index contributed by atoms with van der Waals surface area (Å²) in [7, 11) is -14.9. The molecule has 5 aromatic carbocycles. The topological polar surface area (TPSA) is 451 Å². The Morgan fingerprint density at radius 3 is 1.89 bits per heavy atom. The van der Waals surface area contributed by atoms with Crippen LogP contribution in [0.3, 0.4) is 0 Å². The van der Waals surface area contributed by atoms with E-state index in [1.54, 1.807) is 0 Å². The average Bonchev–Trinajstić information content (AvgIpc) is 3.58. The zero-order valence-electron chi connectivity index (χ0n) is 31.7. The van der Waals surface area contributed by atoms with E-state index in [9.17, 15) is 63.8 Å². The number of hydrogen-bond acceptors (Lipinski definition) is 26. The Morgan fingerprint density at radius 2 is 1.29 bits per heavy atom. The molecule has 0 saturated heterocycles. The number of anilines is 2. The first-order valence-corrected chi connectivity index (χ1v) is 22.6. The van der Waals surface area contributed by atoms with Crippen LogP contribution in [0.25, 0.3) is 10.8 Å². The summed E-state index contributed by atoms with van der Waals surface area (Å²) in [5.41, 5.74) is 1.94. The zero-order chi connectivity index (χ0) is 48.3. The Kier molecular flexibility index (Phi) is 14.4. The second-order valence-corrected chi connectivity index (χ2v) is 18.1. The number of hydrazone groups is 1. The van der Waals surface area contributed by atoms with E-state index in [2.05, 4.69) is 54.5 Å². The van der Waals surface area contributed by atoms with E-state index in [0.29, 0.717) is 11.1 Å². The van der Waals surface area contributed by atoms with Gasteiger partial charge in [0.25, 0.3) is 36.3 Å². The molecular formula is C32H23N9O20S5. The van der Waals surface area contributed by atoms with Crippen molar-refractivity contribution in [2.24, 2.45) is 35.8 Å². The van der Waals surface area contributed by atoms with Crippen LogP contribution in [0.1, 0.15) is 0 Å². The highest BCUT2D eigenvalue weighted by molar-refractivity contribution is 7.95. The third kappa shape index (κ3) is 10.7. The second-order valence-electron chi connectivity index (χ2n) is 12.5. The molecule has 0 bridgehead atoms. The number of nitrogens with zero attached hydrogens (tertiary/aromatic N) is 8. The molecule has 34 heteroatoms. The second kappa shape index (κ2) is 19.4. The molecule has 1 heterocycles. The number of carboxylic acid groups (broad SMARTS) is 1. The standard InChI is InChI=1S/C32H23N9O20S5/c33-14-1-7-19(22(11-14)65(52,53)54)36-37-25-21(63-61-59-48)9-13-10-23(66(55,56)57)26(30(43)24(13)29(25)42)38-35-18-8-2-15(12-20(18)62-60-58-47)34-39-27-28(32(45)46)40-41(31(27)44)16-3-5-17(6-4-16)64(49,50)51/h1-12,27,42-43,47-48H,33H2,(H,45,46)(H,49,50,51)(H,52,53,54)(H,55,56,57)/b37-36+,38-35+,39-34+. The highest BCUT2D eigenvalue weighted by atomic mass is 32.2. The van der Waals surface area contributed by atoms with Gasteiger partial charge in [-0.2, -0.15) is 45.6 Å². The van der Waals surface area contributed by atoms with Gasteiger partial charge in [0.05, 0.1) is 55.5 Å². The van der Waals surface area contributed by atoms with Gasteiger partial charge in [-0.15, -0.1) is 29.1 Å². The number of phenolic OH excluding ortho intramolecular Hbond substituents is 2. The van der Waals surface area contributed by atoms with Gasteiger partial charge in [-0.3, -0.25) is 18.5 Å². The predicted molar refractivity (Wildman–Crippen MR) is 221 cm³/mol. The molecule has 0 spiro atoms. The number of benzene rings is 5. The van der Waals surface area contributed by atoms with Crippen LogP contribution in [0.15, 0.2) is 133 Å². The number of amides is 1. The summed E-state index contributed by atoms with van der Waals surface area (Å²) in [4.78, 5) is 22.2. The van der Waals surface area contributed by atoms with Gasteiger partial charge in [-0.05, 0) is 78.2 Å². The number of carbonyl (C=O) groups is 2. The van der Waals surface area contributed by atoms with Crippen molar-refractivity contribution in [3.63, 3.8) is 0 Å². The number of phenols is 2. The van der Waals surface area contributed by atoms with Crippen molar-refractivity contribution in [3.05, 3.63) is 72.8 Å². The number of rotatable bonds is 17. The Morgan fingerprint density at radius 1 is 0.697 bits per heavy atom. The maximum Gasteiger partial charge on any atom is 0.355 e. The minimum absolute atomic E-state index is 0.104. The fourth-order valence-electron chi connectivity index (χ4n) is 5.54. The van der Waals surface area contributed by atoms with Gasteiger partial charge in [0.15, 0.2) is 17.2 Å². The Bertz CT molecular complexity index is 3260. The van der Waals surface area contributed by atoms with Crippen LogP contribution in [-0.4, -0.2) is 88.4 Å². The van der Waals surface area contributed by atoms with Crippen LogP contribution in [0, 0.1) is 0 Å². The molecule has 0 aliphatic carbocycles. The molecule has 6 rings (SSSR count). The maximum atomic E-state index is 13.2. The van der Waals surface area contributed by atoms with Crippen molar-refractivity contribution in [1.82, 2.24) is 0 Å². The van der Waals surface area contributed by atoms with Crippen molar-refractivity contribution >= 4 is 123 Å². The molecule has 1 amide bonds. The first kappa shape index (κ1) is 48.8. The normalized spacial score (nSPS) is 14.9. The van der Waals surface area contributed by atoms with E-state index >= 15 is 0 Å². The van der Waals surface area contributed by atoms with Gasteiger partial charge in [-0.1, -0.05) is 10.1 Å². The molecule has 0 radical (unpaired) electrons. The minimum atomic E-state index is -5.32. The Hall–Kier alpha value is -6.64. The lowest BCUT2D eigenvalue weighted by atomic mass is 10.1. The Balaban J connectivity index is 1.40. The van der Waals surface area contributed by atoms with E-state index in [1.807, 2.05) is 0 Å². The van der Waals surface area contributed by atoms with Gasteiger partial charge in [0, 0.05) is 5.69 Å². The highest BCUT2D eigenvalue weighted by Crippen LogP contribution is 2.51. The SMILES string of the molecule is Nc1ccc(/N=N/c2c(SOOO)cc3cc(S(=O)(=O)O)c(/N=N/c4ccc(/N=N/C5C(=O)N(c6ccc(S(=O)(=O)O)cc6)N=C5C(=O)O)cc4SOOO)c(O)c3c2O)c(S(=O)(=O)O)c1. The average molecular weight is 1010 g/mol. The highest BCUT2D eigenvalue weighted by Gasteiger charge is 2.41. The third-order valence-corrected chi connectivity index (χ3v) is 12.2. The van der Waals surface area contributed by atoms with Gasteiger partial charge < -0.3 is 21.1 Å². The summed E-state index contributed by atoms with van der Waals surface area (Å²) in [6, 6.07) is 10.2. The lowest BCUT2D eigenvalue weighted by Crippen LogP contribution is -2.33. The molecule has 1 unspecified atom stereocenters. The number of nitrogens with two attached hydrogens (primary N) is 1. The zero-order valence-corrected chi connectivity index (χ0v) is 35.8. The van der Waals surface area contributed by atoms with E-state index in [1.165, 1.54) is 6.07 Å². The third-order valence-electron chi connectivity index (χ3n) is 8.35. The molecule has 66 heavy (non-hydrogen) atoms. The number of azo groups is 3. The summed E-state index contributed by atoms with van der Waals surface area (Å²) in [5, 5.41) is 83.5. The molecular weight excluding hydrogens is 991 g/mol. The molecule has 0 saturated carbocycles. The van der Waals surface area contributed by atoms with Crippen molar-refractivity contribution in [2.45, 2.75) is 30.5 Å². The largest absolute Gasteiger partial charge is 0.505 e. The fraction of sp³-hybridized carbons (Fsp3) is 0.0312. The number of nitrogen functional groups attached to an aromatic ring is 1. The van der Waals surface area contributed by atoms with E-state index in [0.717, 1.165) is 60.7 Å². The van der Waals surface area contributed by atoms with Crippen LogP contribution >= 0.6 is 24.1 Å². The number of fused-ring (bicyclic) bond motifs is 1. The molecule has 346 valence electrons. The minimum Gasteiger partial charge on any atom is -0.505 e. The summed E-state index contributed by atoms with van der Waals surface area (Å²) < 4.78 is 110. The molecule has 10 N–H and O–H groups in total. The number of carboxylic acids is 1. The maximum absolute atomic E-state index is 13.2. The van der Waals surface area contributed by atoms with E-state index in [-0.39, 0.29) is 62.0 Å². The van der Waals surface area contributed by atoms with Gasteiger partial charge in [0.2, 0.25) is 6.04 Å². The van der Waals surface area contributed by atoms with Crippen molar-refractivity contribution in [3.8, 4) is 11.5 Å². The first-order valence-electron chi connectivity index (χ1n) is 16.8. The first-order chi connectivity index (χ1) is 31.0. The molecule has 5 aromatic rings. The molecule has 1 atom stereocenters. The summed E-state index contributed by atoms with van der Waals surface area (Å²) in [5.74, 6) is -4.95. The quantitative estimate of drug-likeness (QED) is 0.0125. The van der Waals surface area contributed by atoms with Crippen LogP contribution in [0.4, 0.5) is 39.8 Å².